The van der Waals surface area contributed by atoms with Gasteiger partial charge < -0.3 is 24.6 Å². The van der Waals surface area contributed by atoms with Crippen molar-refractivity contribution < 1.29 is 32.2 Å². The number of hydrogen-bond donors (Lipinski definition) is 1. The molecular weight excluding hydrogens is 491 g/mol. The highest BCUT2D eigenvalue weighted by molar-refractivity contribution is 5.96. The van der Waals surface area contributed by atoms with Crippen molar-refractivity contribution in [1.82, 2.24) is 20.2 Å². The Labute approximate surface area is 210 Å². The first-order chi connectivity index (χ1) is 17.8. The van der Waals surface area contributed by atoms with Crippen LogP contribution in [0.25, 0.3) is 0 Å². The van der Waals surface area contributed by atoms with Gasteiger partial charge in [-0.1, -0.05) is 30.3 Å². The number of carbonyl (C=O) groups excluding carboxylic acids is 2. The van der Waals surface area contributed by atoms with E-state index < -0.39 is 23.7 Å². The van der Waals surface area contributed by atoms with Crippen LogP contribution in [0.3, 0.4) is 0 Å². The summed E-state index contributed by atoms with van der Waals surface area (Å²) in [5.74, 6) is 0.521. The second-order valence-electron chi connectivity index (χ2n) is 8.01. The third-order valence-electron chi connectivity index (χ3n) is 5.55. The molecule has 9 nitrogen and oxygen atoms in total. The summed E-state index contributed by atoms with van der Waals surface area (Å²) in [5.41, 5.74) is -1.31. The van der Waals surface area contributed by atoms with Crippen LogP contribution in [0.15, 0.2) is 67.0 Å². The molecule has 1 saturated heterocycles. The van der Waals surface area contributed by atoms with E-state index in [0.29, 0.717) is 24.7 Å². The Morgan fingerprint density at radius 3 is 2.30 bits per heavy atom. The Morgan fingerprint density at radius 1 is 0.919 bits per heavy atom. The fraction of sp³-hybridized carbons (Fsp3) is 0.280. The number of anilines is 1. The maximum absolute atomic E-state index is 13.3. The number of halogens is 3. The van der Waals surface area contributed by atoms with E-state index in [2.05, 4.69) is 15.3 Å². The predicted molar refractivity (Wildman–Crippen MR) is 128 cm³/mol. The zero-order valence-corrected chi connectivity index (χ0v) is 19.6. The Balaban J connectivity index is 1.23. The summed E-state index contributed by atoms with van der Waals surface area (Å²) in [6.45, 7) is 1.65. The van der Waals surface area contributed by atoms with Gasteiger partial charge in [-0.15, -0.1) is 0 Å². The molecule has 1 aliphatic heterocycles. The number of nitrogens with one attached hydrogen (secondary N) is 1. The Bertz CT molecular complexity index is 1200. The van der Waals surface area contributed by atoms with Crippen LogP contribution in [0.2, 0.25) is 0 Å². The van der Waals surface area contributed by atoms with Gasteiger partial charge in [0, 0.05) is 26.2 Å². The summed E-state index contributed by atoms with van der Waals surface area (Å²) < 4.78 is 50.4. The van der Waals surface area contributed by atoms with E-state index in [1.165, 1.54) is 35.5 Å². The predicted octanol–water partition coefficient (Wildman–Crippen LogP) is 3.63. The molecular formula is C25H24F3N5O4. The number of alkyl halides is 3. The smallest absolute Gasteiger partial charge is 0.417 e. The number of rotatable bonds is 7. The molecule has 0 aliphatic carbocycles. The number of nitrogens with zero attached hydrogens (tertiary/aromatic N) is 4. The average Bonchev–Trinajstić information content (AvgIpc) is 2.91. The molecule has 0 spiro atoms. The van der Waals surface area contributed by atoms with Crippen molar-refractivity contribution in [2.45, 2.75) is 6.18 Å². The first-order valence-corrected chi connectivity index (χ1v) is 11.5. The molecule has 1 N–H and O–H groups in total. The second kappa shape index (κ2) is 11.6. The Hall–Kier alpha value is -4.35. The minimum atomic E-state index is -4.61. The summed E-state index contributed by atoms with van der Waals surface area (Å²) in [5, 5.41) is 2.55. The molecule has 1 aromatic heterocycles. The number of hydrogen-bond acceptors (Lipinski definition) is 7. The molecule has 12 heteroatoms. The molecule has 0 unspecified atom stereocenters. The van der Waals surface area contributed by atoms with E-state index >= 15 is 0 Å². The maximum atomic E-state index is 13.3. The lowest BCUT2D eigenvalue weighted by molar-refractivity contribution is -0.138. The number of ether oxygens (including phenoxy) is 2. The van der Waals surface area contributed by atoms with Crippen LogP contribution in [-0.2, 0) is 6.18 Å². The molecule has 0 atom stereocenters. The lowest BCUT2D eigenvalue weighted by atomic mass is 10.1. The quantitative estimate of drug-likeness (QED) is 0.480. The van der Waals surface area contributed by atoms with Crippen molar-refractivity contribution in [2.75, 3.05) is 44.2 Å². The summed E-state index contributed by atoms with van der Waals surface area (Å²) in [6.07, 6.45) is -2.59. The van der Waals surface area contributed by atoms with Gasteiger partial charge in [-0.2, -0.15) is 13.2 Å². The van der Waals surface area contributed by atoms with E-state index in [1.54, 1.807) is 12.1 Å². The second-order valence-corrected chi connectivity index (χ2v) is 8.01. The van der Waals surface area contributed by atoms with E-state index in [4.69, 9.17) is 9.47 Å². The Morgan fingerprint density at radius 2 is 1.62 bits per heavy atom. The highest BCUT2D eigenvalue weighted by Crippen LogP contribution is 2.32. The molecule has 0 radical (unpaired) electrons. The molecule has 1 fully saturated rings. The van der Waals surface area contributed by atoms with Gasteiger partial charge in [0.1, 0.15) is 18.2 Å². The molecule has 4 rings (SSSR count). The lowest BCUT2D eigenvalue weighted by Gasteiger charge is -2.35. The topological polar surface area (TPSA) is 96.9 Å². The van der Waals surface area contributed by atoms with Crippen molar-refractivity contribution in [3.63, 3.8) is 0 Å². The zero-order valence-electron chi connectivity index (χ0n) is 19.6. The molecule has 0 bridgehead atoms. The molecule has 194 valence electrons. The van der Waals surface area contributed by atoms with Gasteiger partial charge in [-0.3, -0.25) is 4.79 Å². The van der Waals surface area contributed by atoms with Crippen molar-refractivity contribution >= 4 is 17.8 Å². The minimum Gasteiger partial charge on any atom is -0.492 e. The summed E-state index contributed by atoms with van der Waals surface area (Å²) in [7, 11) is 0. The van der Waals surface area contributed by atoms with E-state index in [9.17, 15) is 22.8 Å². The van der Waals surface area contributed by atoms with Crippen LogP contribution in [0.1, 0.15) is 15.9 Å². The van der Waals surface area contributed by atoms with E-state index in [1.807, 2.05) is 23.1 Å². The molecule has 2 aromatic carbocycles. The van der Waals surface area contributed by atoms with Crippen molar-refractivity contribution in [3.8, 4) is 11.6 Å². The molecule has 3 aromatic rings. The summed E-state index contributed by atoms with van der Waals surface area (Å²) in [4.78, 5) is 36.2. The van der Waals surface area contributed by atoms with Crippen molar-refractivity contribution in [1.29, 1.82) is 0 Å². The average molecular weight is 515 g/mol. The van der Waals surface area contributed by atoms with Gasteiger partial charge in [0.2, 0.25) is 5.88 Å². The highest BCUT2D eigenvalue weighted by atomic mass is 19.4. The minimum absolute atomic E-state index is 0.00259. The summed E-state index contributed by atoms with van der Waals surface area (Å²) >= 11 is 0. The van der Waals surface area contributed by atoms with E-state index in [-0.39, 0.29) is 37.7 Å². The number of para-hydroxylation sites is 1. The zero-order chi connectivity index (χ0) is 26.3. The van der Waals surface area contributed by atoms with Crippen LogP contribution >= 0.6 is 0 Å². The highest BCUT2D eigenvalue weighted by Gasteiger charge is 2.36. The molecule has 0 saturated carbocycles. The van der Waals surface area contributed by atoms with Gasteiger partial charge in [-0.25, -0.2) is 14.8 Å². The summed E-state index contributed by atoms with van der Waals surface area (Å²) in [6, 6.07) is 13.9. The van der Waals surface area contributed by atoms with Crippen LogP contribution in [0, 0.1) is 0 Å². The van der Waals surface area contributed by atoms with Crippen LogP contribution in [0.4, 0.5) is 23.8 Å². The Kier molecular flexibility index (Phi) is 8.06. The monoisotopic (exact) mass is 515 g/mol. The number of carbonyl (C=O) groups is 2. The molecule has 2 heterocycles. The van der Waals surface area contributed by atoms with Gasteiger partial charge in [0.25, 0.3) is 5.91 Å². The first kappa shape index (κ1) is 25.7. The third kappa shape index (κ3) is 6.87. The first-order valence-electron chi connectivity index (χ1n) is 11.5. The van der Waals surface area contributed by atoms with Gasteiger partial charge in [0.15, 0.2) is 0 Å². The molecule has 2 amide bonds. The van der Waals surface area contributed by atoms with Gasteiger partial charge in [-0.05, 0) is 24.3 Å². The number of amides is 2. The number of aromatic nitrogens is 2. The van der Waals surface area contributed by atoms with Crippen molar-refractivity contribution in [3.05, 3.63) is 78.1 Å². The standard InChI is InChI=1S/C25H24F3N5O4/c26-25(27,28)20-9-5-4-8-19(20)23(34)33-13-11-32(12-14-33)21-16-31-22(17-30-21)37-24(35)29-10-15-36-18-6-2-1-3-7-18/h1-9,16-17H,10-15H2,(H,29,35). The van der Waals surface area contributed by atoms with Crippen molar-refractivity contribution in [2.24, 2.45) is 0 Å². The number of piperazine rings is 1. The number of benzene rings is 2. The van der Waals surface area contributed by atoms with Gasteiger partial charge >= 0.3 is 12.3 Å². The fourth-order valence-corrected chi connectivity index (χ4v) is 3.72. The SMILES string of the molecule is O=C(NCCOc1ccccc1)Oc1cnc(N2CCN(C(=O)c3ccccc3C(F)(F)F)CC2)cn1. The fourth-order valence-electron chi connectivity index (χ4n) is 3.72. The van der Waals surface area contributed by atoms with Crippen LogP contribution < -0.4 is 19.7 Å². The largest absolute Gasteiger partial charge is 0.492 e. The van der Waals surface area contributed by atoms with Crippen LogP contribution in [0.5, 0.6) is 11.6 Å². The third-order valence-corrected chi connectivity index (χ3v) is 5.55. The molecule has 1 aliphatic rings. The normalized spacial score (nSPS) is 13.7. The van der Waals surface area contributed by atoms with E-state index in [0.717, 1.165) is 6.07 Å². The maximum Gasteiger partial charge on any atom is 0.417 e. The molecule has 37 heavy (non-hydrogen) atoms. The van der Waals surface area contributed by atoms with Crippen LogP contribution in [-0.4, -0.2) is 66.2 Å². The van der Waals surface area contributed by atoms with Gasteiger partial charge in [0.05, 0.1) is 30.1 Å². The lowest BCUT2D eigenvalue weighted by Crippen LogP contribution is -2.49.